The van der Waals surface area contributed by atoms with Crippen LogP contribution in [0.1, 0.15) is 51.3 Å². The van der Waals surface area contributed by atoms with Gasteiger partial charge in [-0.1, -0.05) is 19.1 Å². The van der Waals surface area contributed by atoms with Gasteiger partial charge in [0.2, 0.25) is 5.91 Å². The number of likely N-dealkylation sites (tertiary alicyclic amines) is 1. The maximum absolute atomic E-state index is 13.0. The Morgan fingerprint density at radius 3 is 2.66 bits per heavy atom. The Morgan fingerprint density at radius 1 is 1.24 bits per heavy atom. The van der Waals surface area contributed by atoms with E-state index in [2.05, 4.69) is 15.2 Å². The monoisotopic (exact) mass is 405 g/mol. The number of aromatic nitrogens is 3. The fraction of sp³-hybridized carbons (Fsp3) is 0.800. The molecule has 160 valence electrons. The zero-order valence-corrected chi connectivity index (χ0v) is 17.3. The minimum atomic E-state index is -0.900. The van der Waals surface area contributed by atoms with Gasteiger partial charge < -0.3 is 14.7 Å². The average Bonchev–Trinajstić information content (AvgIpc) is 3.07. The molecule has 4 rings (SSSR count). The van der Waals surface area contributed by atoms with Crippen LogP contribution in [-0.4, -0.2) is 80.7 Å². The minimum absolute atomic E-state index is 0.0184. The lowest BCUT2D eigenvalue weighted by Crippen LogP contribution is -2.58. The SMILES string of the molecule is CC1(C)CCCN(C(=O)C2CC(n3cc(CN4CCOCC4)nn3)C2)C1C(=O)O. The fourth-order valence-corrected chi connectivity index (χ4v) is 4.89. The van der Waals surface area contributed by atoms with E-state index < -0.39 is 17.4 Å². The molecule has 3 aliphatic rings. The lowest BCUT2D eigenvalue weighted by molar-refractivity contribution is -0.162. The predicted molar refractivity (Wildman–Crippen MR) is 104 cm³/mol. The van der Waals surface area contributed by atoms with Gasteiger partial charge in [0.15, 0.2) is 0 Å². The lowest BCUT2D eigenvalue weighted by atomic mass is 9.74. The summed E-state index contributed by atoms with van der Waals surface area (Å²) < 4.78 is 7.24. The van der Waals surface area contributed by atoms with Crippen LogP contribution in [0.3, 0.4) is 0 Å². The molecule has 3 fully saturated rings. The van der Waals surface area contributed by atoms with Crippen molar-refractivity contribution in [2.45, 2.75) is 58.2 Å². The Hall–Kier alpha value is -2.00. The second kappa shape index (κ2) is 8.02. The number of carbonyl (C=O) groups is 2. The van der Waals surface area contributed by atoms with Crippen LogP contribution in [0.5, 0.6) is 0 Å². The number of piperidine rings is 1. The van der Waals surface area contributed by atoms with Crippen LogP contribution in [-0.2, 0) is 20.9 Å². The summed E-state index contributed by atoms with van der Waals surface area (Å²) in [6.07, 6.45) is 5.05. The Balaban J connectivity index is 1.33. The van der Waals surface area contributed by atoms with Crippen molar-refractivity contribution in [3.8, 4) is 0 Å². The molecular weight excluding hydrogens is 374 g/mol. The number of carboxylic acid groups (broad SMARTS) is 1. The predicted octanol–water partition coefficient (Wildman–Crippen LogP) is 1.16. The lowest BCUT2D eigenvalue weighted by Gasteiger charge is -2.47. The molecule has 1 amide bonds. The minimum Gasteiger partial charge on any atom is -0.480 e. The topological polar surface area (TPSA) is 101 Å². The normalized spacial score (nSPS) is 30.0. The molecule has 2 saturated heterocycles. The van der Waals surface area contributed by atoms with Crippen LogP contribution in [0.2, 0.25) is 0 Å². The summed E-state index contributed by atoms with van der Waals surface area (Å²) in [5.41, 5.74) is 0.536. The molecule has 0 spiro atoms. The first-order chi connectivity index (χ1) is 13.8. The summed E-state index contributed by atoms with van der Waals surface area (Å²) in [5.74, 6) is -1.04. The number of carboxylic acids is 1. The van der Waals surface area contributed by atoms with Crippen LogP contribution in [0.25, 0.3) is 0 Å². The van der Waals surface area contributed by atoms with Crippen molar-refractivity contribution in [1.29, 1.82) is 0 Å². The van der Waals surface area contributed by atoms with Crippen LogP contribution in [0, 0.1) is 11.3 Å². The molecule has 0 radical (unpaired) electrons. The van der Waals surface area contributed by atoms with E-state index in [0.29, 0.717) is 19.4 Å². The van der Waals surface area contributed by atoms with E-state index in [0.717, 1.165) is 51.4 Å². The number of nitrogens with zero attached hydrogens (tertiary/aromatic N) is 5. The molecular formula is C20H31N5O4. The number of hydrogen-bond acceptors (Lipinski definition) is 6. The van der Waals surface area contributed by atoms with Gasteiger partial charge in [0, 0.05) is 32.1 Å². The molecule has 0 aromatic carbocycles. The van der Waals surface area contributed by atoms with Crippen LogP contribution < -0.4 is 0 Å². The summed E-state index contributed by atoms with van der Waals surface area (Å²) in [7, 11) is 0. The maximum Gasteiger partial charge on any atom is 0.326 e. The smallest absolute Gasteiger partial charge is 0.326 e. The molecule has 0 bridgehead atoms. The highest BCUT2D eigenvalue weighted by atomic mass is 16.5. The van der Waals surface area contributed by atoms with Gasteiger partial charge in [-0.05, 0) is 31.1 Å². The van der Waals surface area contributed by atoms with Gasteiger partial charge in [-0.2, -0.15) is 0 Å². The number of morpholine rings is 1. The molecule has 29 heavy (non-hydrogen) atoms. The molecule has 1 saturated carbocycles. The van der Waals surface area contributed by atoms with Gasteiger partial charge in [0.05, 0.1) is 31.1 Å². The number of ether oxygens (including phenoxy) is 1. The standard InChI is InChI=1S/C20H31N5O4/c1-20(2)4-3-5-24(17(20)19(27)28)18(26)14-10-16(11-14)25-13-15(21-22-25)12-23-6-8-29-9-7-23/h13-14,16-17H,3-12H2,1-2H3,(H,27,28). The molecule has 1 aromatic rings. The van der Waals surface area contributed by atoms with Crippen molar-refractivity contribution >= 4 is 11.9 Å². The van der Waals surface area contributed by atoms with E-state index in [1.54, 1.807) is 4.90 Å². The Bertz CT molecular complexity index is 752. The zero-order chi connectivity index (χ0) is 20.6. The third-order valence-corrected chi connectivity index (χ3v) is 6.67. The van der Waals surface area contributed by atoms with Crippen molar-refractivity contribution in [1.82, 2.24) is 24.8 Å². The van der Waals surface area contributed by atoms with E-state index in [4.69, 9.17) is 4.74 Å². The Morgan fingerprint density at radius 2 is 1.97 bits per heavy atom. The highest BCUT2D eigenvalue weighted by Crippen LogP contribution is 2.42. The van der Waals surface area contributed by atoms with Crippen LogP contribution >= 0.6 is 0 Å². The summed E-state index contributed by atoms with van der Waals surface area (Å²) in [4.78, 5) is 28.8. The molecule has 1 aromatic heterocycles. The first-order valence-corrected chi connectivity index (χ1v) is 10.6. The highest BCUT2D eigenvalue weighted by Gasteiger charge is 2.48. The molecule has 1 atom stereocenters. The van der Waals surface area contributed by atoms with Gasteiger partial charge >= 0.3 is 5.97 Å². The average molecular weight is 405 g/mol. The van der Waals surface area contributed by atoms with Crippen molar-refractivity contribution in [2.75, 3.05) is 32.8 Å². The Kier molecular flexibility index (Phi) is 5.61. The number of aliphatic carboxylic acids is 1. The van der Waals surface area contributed by atoms with E-state index >= 15 is 0 Å². The van der Waals surface area contributed by atoms with Gasteiger partial charge in [-0.3, -0.25) is 9.69 Å². The van der Waals surface area contributed by atoms with Gasteiger partial charge in [-0.15, -0.1) is 5.10 Å². The van der Waals surface area contributed by atoms with E-state index in [-0.39, 0.29) is 17.9 Å². The summed E-state index contributed by atoms with van der Waals surface area (Å²) in [6.45, 7) is 8.51. The van der Waals surface area contributed by atoms with Crippen molar-refractivity contribution in [2.24, 2.45) is 11.3 Å². The third kappa shape index (κ3) is 4.16. The summed E-state index contributed by atoms with van der Waals surface area (Å²) in [6, 6.07) is -0.578. The van der Waals surface area contributed by atoms with Crippen molar-refractivity contribution in [3.63, 3.8) is 0 Å². The number of rotatable bonds is 5. The fourth-order valence-electron chi connectivity index (χ4n) is 4.89. The van der Waals surface area contributed by atoms with Gasteiger partial charge in [0.25, 0.3) is 0 Å². The third-order valence-electron chi connectivity index (χ3n) is 6.67. The number of carbonyl (C=O) groups excluding carboxylic acids is 1. The molecule has 9 heteroatoms. The second-order valence-corrected chi connectivity index (χ2v) is 9.27. The quantitative estimate of drug-likeness (QED) is 0.784. The van der Waals surface area contributed by atoms with Gasteiger partial charge in [-0.25, -0.2) is 9.48 Å². The molecule has 9 nitrogen and oxygen atoms in total. The molecule has 1 aliphatic carbocycles. The van der Waals surface area contributed by atoms with E-state index in [1.165, 1.54) is 0 Å². The number of amides is 1. The van der Waals surface area contributed by atoms with Crippen molar-refractivity contribution < 1.29 is 19.4 Å². The largest absolute Gasteiger partial charge is 0.480 e. The highest BCUT2D eigenvalue weighted by molar-refractivity contribution is 5.86. The number of hydrogen-bond donors (Lipinski definition) is 1. The van der Waals surface area contributed by atoms with E-state index in [1.807, 2.05) is 24.7 Å². The molecule has 3 heterocycles. The first kappa shape index (κ1) is 20.3. The first-order valence-electron chi connectivity index (χ1n) is 10.6. The summed E-state index contributed by atoms with van der Waals surface area (Å²) in [5, 5.41) is 18.3. The zero-order valence-electron chi connectivity index (χ0n) is 17.3. The van der Waals surface area contributed by atoms with Gasteiger partial charge in [0.1, 0.15) is 6.04 Å². The summed E-state index contributed by atoms with van der Waals surface area (Å²) >= 11 is 0. The second-order valence-electron chi connectivity index (χ2n) is 9.27. The van der Waals surface area contributed by atoms with Crippen LogP contribution in [0.15, 0.2) is 6.20 Å². The maximum atomic E-state index is 13.0. The van der Waals surface area contributed by atoms with Crippen LogP contribution in [0.4, 0.5) is 0 Å². The molecule has 1 N–H and O–H groups in total. The molecule has 1 unspecified atom stereocenters. The molecule has 2 aliphatic heterocycles. The van der Waals surface area contributed by atoms with Crippen molar-refractivity contribution in [3.05, 3.63) is 11.9 Å². The Labute approximate surface area is 171 Å². The van der Waals surface area contributed by atoms with E-state index in [9.17, 15) is 14.7 Å².